The molecule has 4 rings (SSSR count). The van der Waals surface area contributed by atoms with Gasteiger partial charge in [0.2, 0.25) is 0 Å². The molecule has 1 aliphatic heterocycles. The van der Waals surface area contributed by atoms with Crippen molar-refractivity contribution in [2.75, 3.05) is 4.31 Å². The zero-order valence-corrected chi connectivity index (χ0v) is 18.7. The Morgan fingerprint density at radius 2 is 1.38 bits per heavy atom. The van der Waals surface area contributed by atoms with E-state index in [1.54, 1.807) is 54.6 Å². The molecule has 0 spiro atoms. The number of hydrogen-bond acceptors (Lipinski definition) is 4. The number of para-hydroxylation sites is 1. The average Bonchev–Trinajstić information content (AvgIpc) is 3.03. The minimum Gasteiger partial charge on any atom is -0.268 e. The molecule has 1 aliphatic rings. The van der Waals surface area contributed by atoms with Crippen LogP contribution in [0.2, 0.25) is 0 Å². The van der Waals surface area contributed by atoms with Crippen molar-refractivity contribution in [1.82, 2.24) is 4.90 Å². The number of fused-ring (bicyclic) bond motifs is 1. The molecule has 3 aromatic rings. The van der Waals surface area contributed by atoms with Crippen LogP contribution in [0.4, 0.5) is 5.69 Å². The maximum absolute atomic E-state index is 13.8. The molecule has 6 nitrogen and oxygen atoms in total. The molecular formula is C24H19ClN2O4S. The fraction of sp³-hybridized carbons (Fsp3) is 0.0833. The molecule has 1 heterocycles. The van der Waals surface area contributed by atoms with Crippen LogP contribution >= 0.6 is 11.6 Å². The quantitative estimate of drug-likeness (QED) is 0.499. The summed E-state index contributed by atoms with van der Waals surface area (Å²) in [5, 5.41) is -0.195. The van der Waals surface area contributed by atoms with Crippen molar-refractivity contribution in [1.29, 1.82) is 0 Å². The highest BCUT2D eigenvalue weighted by molar-refractivity contribution is 7.92. The number of sulfonamides is 1. The Morgan fingerprint density at radius 3 is 1.88 bits per heavy atom. The molecule has 3 aromatic carbocycles. The van der Waals surface area contributed by atoms with Crippen LogP contribution in [0, 0.1) is 6.92 Å². The number of benzene rings is 3. The molecule has 0 radical (unpaired) electrons. The van der Waals surface area contributed by atoms with Gasteiger partial charge < -0.3 is 0 Å². The first-order valence-electron chi connectivity index (χ1n) is 9.71. The van der Waals surface area contributed by atoms with Gasteiger partial charge in [0.1, 0.15) is 0 Å². The predicted octanol–water partition coefficient (Wildman–Crippen LogP) is 4.57. The lowest BCUT2D eigenvalue weighted by atomic mass is 10.1. The largest absolute Gasteiger partial charge is 0.268 e. The lowest BCUT2D eigenvalue weighted by molar-refractivity contribution is 0.0619. The molecule has 1 unspecified atom stereocenters. The summed E-state index contributed by atoms with van der Waals surface area (Å²) in [6.45, 7) is 5.55. The van der Waals surface area contributed by atoms with Gasteiger partial charge in [-0.3, -0.25) is 9.59 Å². The first kappa shape index (κ1) is 21.8. The highest BCUT2D eigenvalue weighted by Gasteiger charge is 2.46. The number of aryl methyl sites for hydroxylation is 1. The number of amides is 2. The third-order valence-corrected chi connectivity index (χ3v) is 7.15. The number of rotatable bonds is 6. The van der Waals surface area contributed by atoms with Gasteiger partial charge in [0.25, 0.3) is 21.8 Å². The van der Waals surface area contributed by atoms with Gasteiger partial charge in [-0.15, -0.1) is 0 Å². The van der Waals surface area contributed by atoms with Crippen LogP contribution in [0.15, 0.2) is 95.4 Å². The van der Waals surface area contributed by atoms with E-state index in [1.807, 2.05) is 6.92 Å². The zero-order chi connectivity index (χ0) is 23.0. The molecule has 0 fully saturated rings. The number of imide groups is 1. The monoisotopic (exact) mass is 466 g/mol. The maximum Gasteiger partial charge on any atom is 0.266 e. The number of hydrogen-bond donors (Lipinski definition) is 0. The summed E-state index contributed by atoms with van der Waals surface area (Å²) in [5.74, 6) is -1.28. The van der Waals surface area contributed by atoms with E-state index in [2.05, 4.69) is 6.58 Å². The minimum atomic E-state index is -4.24. The molecule has 0 saturated carbocycles. The van der Waals surface area contributed by atoms with Gasteiger partial charge in [-0.05, 0) is 43.3 Å². The second kappa shape index (κ2) is 8.26. The van der Waals surface area contributed by atoms with Gasteiger partial charge in [0.05, 0.1) is 26.7 Å². The van der Waals surface area contributed by atoms with Crippen LogP contribution in [0.5, 0.6) is 0 Å². The van der Waals surface area contributed by atoms with Gasteiger partial charge in [-0.2, -0.15) is 0 Å². The summed E-state index contributed by atoms with van der Waals surface area (Å²) in [6, 6.07) is 20.8. The van der Waals surface area contributed by atoms with Crippen LogP contribution in [0.1, 0.15) is 26.3 Å². The molecule has 8 heteroatoms. The van der Waals surface area contributed by atoms with E-state index in [0.717, 1.165) is 14.8 Å². The van der Waals surface area contributed by atoms with E-state index in [-0.39, 0.29) is 26.7 Å². The summed E-state index contributed by atoms with van der Waals surface area (Å²) < 4.78 is 28.6. The lowest BCUT2D eigenvalue weighted by Gasteiger charge is -2.36. The SMILES string of the molecule is C=C(Cl)C(N1C(=O)c2ccccc2C1=O)N(c1ccccc1)S(=O)(=O)c1ccc(C)cc1. The molecule has 0 N–H and O–H groups in total. The molecule has 0 bridgehead atoms. The summed E-state index contributed by atoms with van der Waals surface area (Å²) >= 11 is 6.31. The van der Waals surface area contributed by atoms with Gasteiger partial charge >= 0.3 is 0 Å². The molecule has 2 amide bonds. The van der Waals surface area contributed by atoms with Crippen molar-refractivity contribution < 1.29 is 18.0 Å². The lowest BCUT2D eigenvalue weighted by Crippen LogP contribution is -2.53. The van der Waals surface area contributed by atoms with Crippen molar-refractivity contribution in [3.63, 3.8) is 0 Å². The smallest absolute Gasteiger partial charge is 0.266 e. The van der Waals surface area contributed by atoms with E-state index in [1.165, 1.54) is 24.3 Å². The minimum absolute atomic E-state index is 0.00789. The van der Waals surface area contributed by atoms with Crippen LogP contribution < -0.4 is 4.31 Å². The molecule has 0 saturated heterocycles. The van der Waals surface area contributed by atoms with Crippen molar-refractivity contribution in [3.8, 4) is 0 Å². The summed E-state index contributed by atoms with van der Waals surface area (Å²) in [5.41, 5.74) is 1.48. The number of anilines is 1. The third kappa shape index (κ3) is 3.59. The zero-order valence-electron chi connectivity index (χ0n) is 17.1. The first-order valence-corrected chi connectivity index (χ1v) is 11.5. The highest BCUT2D eigenvalue weighted by Crippen LogP contribution is 2.35. The molecule has 1 atom stereocenters. The first-order chi connectivity index (χ1) is 15.2. The second-order valence-corrected chi connectivity index (χ2v) is 9.60. The third-order valence-electron chi connectivity index (χ3n) is 5.16. The molecule has 162 valence electrons. The highest BCUT2D eigenvalue weighted by atomic mass is 35.5. The van der Waals surface area contributed by atoms with Crippen molar-refractivity contribution in [2.45, 2.75) is 18.0 Å². The summed E-state index contributed by atoms with van der Waals surface area (Å²) in [7, 11) is -4.24. The Labute approximate surface area is 191 Å². The van der Waals surface area contributed by atoms with E-state index in [9.17, 15) is 18.0 Å². The Kier molecular flexibility index (Phi) is 5.62. The standard InChI is InChI=1S/C24H19ClN2O4S/c1-16-12-14-19(15-13-16)32(30,31)27(18-8-4-3-5-9-18)22(17(2)25)26-23(28)20-10-6-7-11-21(20)24(26)29/h3-15,22H,2H2,1H3. The predicted molar refractivity (Wildman–Crippen MR) is 123 cm³/mol. The van der Waals surface area contributed by atoms with Gasteiger partial charge in [-0.1, -0.05) is 66.2 Å². The number of carbonyl (C=O) groups excluding carboxylic acids is 2. The molecule has 32 heavy (non-hydrogen) atoms. The van der Waals surface area contributed by atoms with Gasteiger partial charge in [0.15, 0.2) is 6.17 Å². The Morgan fingerprint density at radius 1 is 0.875 bits per heavy atom. The number of nitrogens with zero attached hydrogens (tertiary/aromatic N) is 2. The molecular weight excluding hydrogens is 448 g/mol. The summed E-state index contributed by atoms with van der Waals surface area (Å²) in [6.07, 6.45) is -1.47. The fourth-order valence-corrected chi connectivity index (χ4v) is 5.46. The van der Waals surface area contributed by atoms with Gasteiger partial charge in [-0.25, -0.2) is 17.6 Å². The van der Waals surface area contributed by atoms with E-state index >= 15 is 0 Å². The number of carbonyl (C=O) groups is 2. The number of halogens is 1. The topological polar surface area (TPSA) is 74.8 Å². The van der Waals surface area contributed by atoms with E-state index in [0.29, 0.717) is 0 Å². The van der Waals surface area contributed by atoms with Crippen LogP contribution in [-0.4, -0.2) is 31.3 Å². The maximum atomic E-state index is 13.8. The van der Waals surface area contributed by atoms with Crippen molar-refractivity contribution in [3.05, 3.63) is 107 Å². The second-order valence-electron chi connectivity index (χ2n) is 7.30. The Hall–Kier alpha value is -3.42. The molecule has 0 aliphatic carbocycles. The Balaban J connectivity index is 1.92. The van der Waals surface area contributed by atoms with E-state index < -0.39 is 28.0 Å². The molecule has 0 aromatic heterocycles. The van der Waals surface area contributed by atoms with Crippen molar-refractivity contribution >= 4 is 39.1 Å². The van der Waals surface area contributed by atoms with Crippen molar-refractivity contribution in [2.24, 2.45) is 0 Å². The normalized spacial score (nSPS) is 14.2. The van der Waals surface area contributed by atoms with Crippen LogP contribution in [0.3, 0.4) is 0 Å². The fourth-order valence-electron chi connectivity index (χ4n) is 3.61. The van der Waals surface area contributed by atoms with Crippen LogP contribution in [-0.2, 0) is 10.0 Å². The Bertz CT molecular complexity index is 1290. The van der Waals surface area contributed by atoms with Crippen LogP contribution in [0.25, 0.3) is 0 Å². The summed E-state index contributed by atoms with van der Waals surface area (Å²) in [4.78, 5) is 27.2. The average molecular weight is 467 g/mol. The van der Waals surface area contributed by atoms with Gasteiger partial charge in [0, 0.05) is 0 Å². The van der Waals surface area contributed by atoms with E-state index in [4.69, 9.17) is 11.6 Å².